The fourth-order valence-corrected chi connectivity index (χ4v) is 4.24. The third kappa shape index (κ3) is 4.76. The van der Waals surface area contributed by atoms with Crippen molar-refractivity contribution in [3.05, 3.63) is 30.1 Å². The SMILES string of the molecule is CN(C)CC1CCC(NS(=O)(=O)c2cccc(F)c2)CC1. The van der Waals surface area contributed by atoms with Crippen LogP contribution in [0.2, 0.25) is 0 Å². The van der Waals surface area contributed by atoms with Crippen LogP contribution >= 0.6 is 0 Å². The lowest BCUT2D eigenvalue weighted by Gasteiger charge is -2.30. The average molecular weight is 314 g/mol. The van der Waals surface area contributed by atoms with Gasteiger partial charge in [-0.2, -0.15) is 0 Å². The number of hydrogen-bond acceptors (Lipinski definition) is 3. The van der Waals surface area contributed by atoms with Crippen molar-refractivity contribution >= 4 is 10.0 Å². The smallest absolute Gasteiger partial charge is 0.240 e. The molecule has 1 aliphatic carbocycles. The topological polar surface area (TPSA) is 49.4 Å². The van der Waals surface area contributed by atoms with E-state index < -0.39 is 15.8 Å². The van der Waals surface area contributed by atoms with Crippen molar-refractivity contribution in [1.82, 2.24) is 9.62 Å². The molecule has 0 unspecified atom stereocenters. The molecule has 21 heavy (non-hydrogen) atoms. The number of sulfonamides is 1. The molecule has 1 fully saturated rings. The summed E-state index contributed by atoms with van der Waals surface area (Å²) in [5.41, 5.74) is 0. The second kappa shape index (κ2) is 6.85. The minimum Gasteiger partial charge on any atom is -0.309 e. The van der Waals surface area contributed by atoms with Crippen molar-refractivity contribution in [3.8, 4) is 0 Å². The van der Waals surface area contributed by atoms with Gasteiger partial charge in [0.05, 0.1) is 4.90 Å². The Labute approximate surface area is 126 Å². The molecule has 1 saturated carbocycles. The van der Waals surface area contributed by atoms with E-state index in [1.807, 2.05) is 0 Å². The summed E-state index contributed by atoms with van der Waals surface area (Å²) < 4.78 is 40.3. The van der Waals surface area contributed by atoms with E-state index in [0.717, 1.165) is 38.3 Å². The fourth-order valence-electron chi connectivity index (χ4n) is 2.90. The highest BCUT2D eigenvalue weighted by molar-refractivity contribution is 7.89. The van der Waals surface area contributed by atoms with Crippen molar-refractivity contribution in [2.75, 3.05) is 20.6 Å². The van der Waals surface area contributed by atoms with Gasteiger partial charge in [0.15, 0.2) is 0 Å². The van der Waals surface area contributed by atoms with Gasteiger partial charge >= 0.3 is 0 Å². The Morgan fingerprint density at radius 2 is 1.90 bits per heavy atom. The van der Waals surface area contributed by atoms with Crippen molar-refractivity contribution < 1.29 is 12.8 Å². The van der Waals surface area contributed by atoms with E-state index in [1.165, 1.54) is 18.2 Å². The van der Waals surface area contributed by atoms with Crippen molar-refractivity contribution in [2.24, 2.45) is 5.92 Å². The fraction of sp³-hybridized carbons (Fsp3) is 0.600. The molecule has 118 valence electrons. The highest BCUT2D eigenvalue weighted by atomic mass is 32.2. The van der Waals surface area contributed by atoms with Crippen LogP contribution in [0.1, 0.15) is 25.7 Å². The molecule has 1 N–H and O–H groups in total. The van der Waals surface area contributed by atoms with Crippen molar-refractivity contribution in [3.63, 3.8) is 0 Å². The maximum absolute atomic E-state index is 13.2. The first-order chi connectivity index (χ1) is 9.87. The summed E-state index contributed by atoms with van der Waals surface area (Å²) in [7, 11) is 0.485. The highest BCUT2D eigenvalue weighted by Crippen LogP contribution is 2.26. The summed E-state index contributed by atoms with van der Waals surface area (Å²) in [6.07, 6.45) is 3.73. The molecule has 0 atom stereocenters. The van der Waals surface area contributed by atoms with Crippen LogP contribution in [0.3, 0.4) is 0 Å². The molecule has 2 rings (SSSR count). The molecule has 0 heterocycles. The lowest BCUT2D eigenvalue weighted by Crippen LogP contribution is -2.39. The minimum absolute atomic E-state index is 0.00193. The van der Waals surface area contributed by atoms with Gasteiger partial charge in [0.25, 0.3) is 0 Å². The van der Waals surface area contributed by atoms with Gasteiger partial charge in [-0.3, -0.25) is 0 Å². The normalized spacial score (nSPS) is 23.4. The summed E-state index contributed by atoms with van der Waals surface area (Å²) in [5.74, 6) is 0.0995. The molecular formula is C15H23FN2O2S. The Bertz CT molecular complexity index is 567. The molecule has 6 heteroatoms. The summed E-state index contributed by atoms with van der Waals surface area (Å²) in [5, 5.41) is 0. The quantitative estimate of drug-likeness (QED) is 0.906. The second-order valence-corrected chi connectivity index (χ2v) is 7.77. The zero-order valence-corrected chi connectivity index (χ0v) is 13.4. The van der Waals surface area contributed by atoms with Crippen LogP contribution in [-0.4, -0.2) is 40.0 Å². The van der Waals surface area contributed by atoms with Gasteiger partial charge in [0.2, 0.25) is 10.0 Å². The van der Waals surface area contributed by atoms with E-state index >= 15 is 0 Å². The Hall–Kier alpha value is -0.980. The molecule has 0 saturated heterocycles. The number of hydrogen-bond donors (Lipinski definition) is 1. The Morgan fingerprint density at radius 1 is 1.24 bits per heavy atom. The number of benzene rings is 1. The Kier molecular flexibility index (Phi) is 5.35. The summed E-state index contributed by atoms with van der Waals surface area (Å²) >= 11 is 0. The zero-order chi connectivity index (χ0) is 15.5. The first kappa shape index (κ1) is 16.4. The van der Waals surface area contributed by atoms with Crippen LogP contribution in [0, 0.1) is 11.7 Å². The van der Waals surface area contributed by atoms with E-state index in [-0.39, 0.29) is 10.9 Å². The Morgan fingerprint density at radius 3 is 2.48 bits per heavy atom. The molecule has 1 aromatic carbocycles. The van der Waals surface area contributed by atoms with Crippen LogP contribution in [0.5, 0.6) is 0 Å². The van der Waals surface area contributed by atoms with Crippen LogP contribution in [-0.2, 0) is 10.0 Å². The van der Waals surface area contributed by atoms with E-state index in [9.17, 15) is 12.8 Å². The molecule has 0 radical (unpaired) electrons. The van der Waals surface area contributed by atoms with Gasteiger partial charge in [-0.1, -0.05) is 6.07 Å². The summed E-state index contributed by atoms with van der Waals surface area (Å²) in [6, 6.07) is 5.09. The van der Waals surface area contributed by atoms with Crippen molar-refractivity contribution in [1.29, 1.82) is 0 Å². The van der Waals surface area contributed by atoms with Gasteiger partial charge in [-0.05, 0) is 63.9 Å². The predicted octanol–water partition coefficient (Wildman–Crippen LogP) is 2.22. The van der Waals surface area contributed by atoms with Crippen LogP contribution in [0.15, 0.2) is 29.2 Å². The van der Waals surface area contributed by atoms with Gasteiger partial charge in [-0.15, -0.1) is 0 Å². The Balaban J connectivity index is 1.93. The van der Waals surface area contributed by atoms with Gasteiger partial charge in [0, 0.05) is 12.6 Å². The maximum atomic E-state index is 13.2. The van der Waals surface area contributed by atoms with Gasteiger partial charge in [-0.25, -0.2) is 17.5 Å². The molecule has 0 aromatic heterocycles. The summed E-state index contributed by atoms with van der Waals surface area (Å²) in [6.45, 7) is 1.05. The average Bonchev–Trinajstić information content (AvgIpc) is 2.40. The minimum atomic E-state index is -3.62. The molecule has 4 nitrogen and oxygen atoms in total. The molecule has 0 aliphatic heterocycles. The number of halogens is 1. The number of rotatable bonds is 5. The van der Waals surface area contributed by atoms with Crippen LogP contribution in [0.25, 0.3) is 0 Å². The molecule has 1 aliphatic rings. The molecule has 0 bridgehead atoms. The standard InChI is InChI=1S/C15H23FN2O2S/c1-18(2)11-12-6-8-14(9-7-12)17-21(19,20)15-5-3-4-13(16)10-15/h3-5,10,12,14,17H,6-9,11H2,1-2H3. The van der Waals surface area contributed by atoms with Crippen molar-refractivity contribution in [2.45, 2.75) is 36.6 Å². The van der Waals surface area contributed by atoms with E-state index in [1.54, 1.807) is 0 Å². The number of nitrogens with zero attached hydrogens (tertiary/aromatic N) is 1. The molecule has 0 spiro atoms. The van der Waals surface area contributed by atoms with Gasteiger partial charge < -0.3 is 4.90 Å². The van der Waals surface area contributed by atoms with Crippen LogP contribution < -0.4 is 4.72 Å². The maximum Gasteiger partial charge on any atom is 0.240 e. The first-order valence-corrected chi connectivity index (χ1v) is 8.78. The summed E-state index contributed by atoms with van der Waals surface area (Å²) in [4.78, 5) is 2.17. The molecule has 1 aromatic rings. The monoisotopic (exact) mass is 314 g/mol. The lowest BCUT2D eigenvalue weighted by molar-refractivity contribution is 0.244. The molecule has 0 amide bonds. The van der Waals surface area contributed by atoms with E-state index in [0.29, 0.717) is 5.92 Å². The lowest BCUT2D eigenvalue weighted by atomic mass is 9.86. The predicted molar refractivity (Wildman–Crippen MR) is 81.0 cm³/mol. The second-order valence-electron chi connectivity index (χ2n) is 6.06. The van der Waals surface area contributed by atoms with Gasteiger partial charge in [0.1, 0.15) is 5.82 Å². The van der Waals surface area contributed by atoms with Crippen LogP contribution in [0.4, 0.5) is 4.39 Å². The highest BCUT2D eigenvalue weighted by Gasteiger charge is 2.26. The van der Waals surface area contributed by atoms with E-state index in [4.69, 9.17) is 0 Å². The zero-order valence-electron chi connectivity index (χ0n) is 12.5. The largest absolute Gasteiger partial charge is 0.309 e. The third-order valence-electron chi connectivity index (χ3n) is 3.90. The number of nitrogens with one attached hydrogen (secondary N) is 1. The third-order valence-corrected chi connectivity index (χ3v) is 5.42. The van der Waals surface area contributed by atoms with E-state index in [2.05, 4.69) is 23.7 Å². The molecular weight excluding hydrogens is 291 g/mol. The first-order valence-electron chi connectivity index (χ1n) is 7.29.